The highest BCUT2D eigenvalue weighted by Crippen LogP contribution is 2.24. The maximum Gasteiger partial charge on any atom is 0.256 e. The molecule has 0 saturated heterocycles. The molecule has 0 spiro atoms. The molecule has 1 N–H and O–H groups in total. The average Bonchev–Trinajstić information content (AvgIpc) is 2.96. The van der Waals surface area contributed by atoms with Gasteiger partial charge in [0.25, 0.3) is 5.91 Å². The normalized spacial score (nSPS) is 11.0. The van der Waals surface area contributed by atoms with Crippen LogP contribution < -0.4 is 5.32 Å². The highest BCUT2D eigenvalue weighted by atomic mass is 19.1. The topological polar surface area (TPSA) is 55.1 Å². The van der Waals surface area contributed by atoms with Crippen molar-refractivity contribution in [3.05, 3.63) is 72.0 Å². The van der Waals surface area contributed by atoms with Crippen molar-refractivity contribution in [2.45, 2.75) is 0 Å². The first-order valence-corrected chi connectivity index (χ1v) is 7.06. The van der Waals surface area contributed by atoms with Gasteiger partial charge in [-0.15, -0.1) is 0 Å². The van der Waals surface area contributed by atoms with Crippen LogP contribution in [0.4, 0.5) is 10.2 Å². The van der Waals surface area contributed by atoms with E-state index in [1.54, 1.807) is 12.1 Å². The average molecular weight is 306 g/mol. The van der Waals surface area contributed by atoms with Crippen molar-refractivity contribution in [2.24, 2.45) is 0 Å². The fourth-order valence-electron chi connectivity index (χ4n) is 2.51. The molecular weight excluding hydrogens is 295 g/mol. The number of carbonyl (C=O) groups excluding carboxylic acids is 1. The fraction of sp³-hybridized carbons (Fsp3) is 0. The van der Waals surface area contributed by atoms with Gasteiger partial charge >= 0.3 is 0 Å². The predicted molar refractivity (Wildman–Crippen MR) is 85.9 cm³/mol. The first kappa shape index (κ1) is 13.5. The van der Waals surface area contributed by atoms with E-state index >= 15 is 0 Å². The van der Waals surface area contributed by atoms with Gasteiger partial charge in [0.05, 0.1) is 5.39 Å². The molecule has 0 aliphatic rings. The second-order valence-electron chi connectivity index (χ2n) is 5.19. The van der Waals surface area contributed by atoms with Crippen LogP contribution >= 0.6 is 0 Å². The van der Waals surface area contributed by atoms with Crippen LogP contribution in [0, 0.1) is 5.82 Å². The minimum Gasteiger partial charge on any atom is -0.354 e. The highest BCUT2D eigenvalue weighted by Gasteiger charge is 2.13. The molecule has 0 unspecified atom stereocenters. The number of nitrogens with zero attached hydrogens (tertiary/aromatic N) is 1. The number of carbonyl (C=O) groups is 1. The largest absolute Gasteiger partial charge is 0.354 e. The van der Waals surface area contributed by atoms with Crippen LogP contribution in [0.5, 0.6) is 0 Å². The molecule has 0 radical (unpaired) electrons. The van der Waals surface area contributed by atoms with Crippen LogP contribution in [0.1, 0.15) is 10.4 Å². The Kier molecular flexibility index (Phi) is 3.05. The van der Waals surface area contributed by atoms with Crippen molar-refractivity contribution in [2.75, 3.05) is 5.32 Å². The third kappa shape index (κ3) is 2.42. The molecule has 0 aliphatic carbocycles. The third-order valence-electron chi connectivity index (χ3n) is 3.68. The number of amides is 1. The number of hydrogen-bond donors (Lipinski definition) is 1. The Hall–Kier alpha value is -3.21. The Balaban J connectivity index is 1.69. The van der Waals surface area contributed by atoms with E-state index in [1.807, 2.05) is 30.3 Å². The summed E-state index contributed by atoms with van der Waals surface area (Å²) < 4.78 is 18.4. The van der Waals surface area contributed by atoms with E-state index in [2.05, 4.69) is 10.5 Å². The van der Waals surface area contributed by atoms with E-state index in [4.69, 9.17) is 4.52 Å². The van der Waals surface area contributed by atoms with E-state index < -0.39 is 5.82 Å². The van der Waals surface area contributed by atoms with E-state index in [0.717, 1.165) is 10.8 Å². The summed E-state index contributed by atoms with van der Waals surface area (Å²) in [4.78, 5) is 12.4. The van der Waals surface area contributed by atoms with Crippen molar-refractivity contribution in [3.8, 4) is 0 Å². The minimum atomic E-state index is -0.415. The fourth-order valence-corrected chi connectivity index (χ4v) is 2.51. The van der Waals surface area contributed by atoms with Crippen LogP contribution in [-0.2, 0) is 0 Å². The van der Waals surface area contributed by atoms with Gasteiger partial charge in [-0.1, -0.05) is 35.5 Å². The molecule has 0 aliphatic heterocycles. The third-order valence-corrected chi connectivity index (χ3v) is 3.68. The molecular formula is C18H11FN2O2. The second-order valence-corrected chi connectivity index (χ2v) is 5.19. The van der Waals surface area contributed by atoms with Crippen molar-refractivity contribution < 1.29 is 13.7 Å². The maximum absolute atomic E-state index is 13.3. The number of nitrogens with one attached hydrogen (secondary N) is 1. The van der Waals surface area contributed by atoms with Crippen LogP contribution in [0.3, 0.4) is 0 Å². The van der Waals surface area contributed by atoms with E-state index in [0.29, 0.717) is 16.5 Å². The SMILES string of the molecule is O=C(Nc1noc2ccc(F)cc12)c1ccc2ccccc2c1. The van der Waals surface area contributed by atoms with Gasteiger partial charge in [0.15, 0.2) is 11.4 Å². The number of aromatic nitrogens is 1. The molecule has 0 atom stereocenters. The van der Waals surface area contributed by atoms with E-state index in [1.165, 1.54) is 18.2 Å². The Labute approximate surface area is 130 Å². The number of rotatable bonds is 2. The van der Waals surface area contributed by atoms with E-state index in [-0.39, 0.29) is 11.7 Å². The lowest BCUT2D eigenvalue weighted by molar-refractivity contribution is 0.102. The number of halogens is 1. The Morgan fingerprint density at radius 2 is 1.83 bits per heavy atom. The summed E-state index contributed by atoms with van der Waals surface area (Å²) in [6, 6.07) is 17.2. The molecule has 4 nitrogen and oxygen atoms in total. The quantitative estimate of drug-likeness (QED) is 0.598. The van der Waals surface area contributed by atoms with E-state index in [9.17, 15) is 9.18 Å². The molecule has 0 bridgehead atoms. The molecule has 1 heterocycles. The van der Waals surface area contributed by atoms with Gasteiger partial charge in [0.1, 0.15) is 5.82 Å². The first-order chi connectivity index (χ1) is 11.2. The summed E-state index contributed by atoms with van der Waals surface area (Å²) in [6.45, 7) is 0. The zero-order valence-corrected chi connectivity index (χ0v) is 11.9. The minimum absolute atomic E-state index is 0.206. The number of hydrogen-bond acceptors (Lipinski definition) is 3. The summed E-state index contributed by atoms with van der Waals surface area (Å²) in [5.74, 6) is -0.533. The van der Waals surface area contributed by atoms with Gasteiger partial charge < -0.3 is 9.84 Å². The molecule has 4 rings (SSSR count). The van der Waals surface area contributed by atoms with Crippen molar-refractivity contribution in [1.82, 2.24) is 5.16 Å². The second kappa shape index (κ2) is 5.21. The van der Waals surface area contributed by atoms with Gasteiger partial charge in [0.2, 0.25) is 0 Å². The number of anilines is 1. The smallest absolute Gasteiger partial charge is 0.256 e. The predicted octanol–water partition coefficient (Wildman–Crippen LogP) is 4.37. The van der Waals surface area contributed by atoms with Crippen LogP contribution in [-0.4, -0.2) is 11.1 Å². The van der Waals surface area contributed by atoms with Gasteiger partial charge in [0, 0.05) is 5.56 Å². The summed E-state index contributed by atoms with van der Waals surface area (Å²) in [5, 5.41) is 8.91. The summed E-state index contributed by atoms with van der Waals surface area (Å²) in [7, 11) is 0. The zero-order chi connectivity index (χ0) is 15.8. The van der Waals surface area contributed by atoms with Gasteiger partial charge in [-0.05, 0) is 41.1 Å². The molecule has 112 valence electrons. The van der Waals surface area contributed by atoms with Crippen LogP contribution in [0.25, 0.3) is 21.7 Å². The van der Waals surface area contributed by atoms with Gasteiger partial charge in [-0.2, -0.15) is 0 Å². The maximum atomic E-state index is 13.3. The molecule has 1 amide bonds. The highest BCUT2D eigenvalue weighted by molar-refractivity contribution is 6.09. The summed E-state index contributed by atoms with van der Waals surface area (Å²) in [6.07, 6.45) is 0. The summed E-state index contributed by atoms with van der Waals surface area (Å²) >= 11 is 0. The Morgan fingerprint density at radius 1 is 1.00 bits per heavy atom. The molecule has 0 fully saturated rings. The van der Waals surface area contributed by atoms with Gasteiger partial charge in [-0.25, -0.2) is 4.39 Å². The Morgan fingerprint density at radius 3 is 2.70 bits per heavy atom. The zero-order valence-electron chi connectivity index (χ0n) is 11.9. The monoisotopic (exact) mass is 306 g/mol. The molecule has 23 heavy (non-hydrogen) atoms. The van der Waals surface area contributed by atoms with Crippen molar-refractivity contribution >= 4 is 33.5 Å². The van der Waals surface area contributed by atoms with Crippen molar-refractivity contribution in [1.29, 1.82) is 0 Å². The molecule has 0 saturated carbocycles. The van der Waals surface area contributed by atoms with Crippen LogP contribution in [0.2, 0.25) is 0 Å². The molecule has 3 aromatic carbocycles. The van der Waals surface area contributed by atoms with Crippen molar-refractivity contribution in [3.63, 3.8) is 0 Å². The first-order valence-electron chi connectivity index (χ1n) is 7.06. The lowest BCUT2D eigenvalue weighted by Crippen LogP contribution is -2.12. The number of fused-ring (bicyclic) bond motifs is 2. The molecule has 5 heteroatoms. The molecule has 4 aromatic rings. The van der Waals surface area contributed by atoms with Gasteiger partial charge in [-0.3, -0.25) is 4.79 Å². The number of benzene rings is 3. The van der Waals surface area contributed by atoms with Crippen LogP contribution in [0.15, 0.2) is 65.2 Å². The lowest BCUT2D eigenvalue weighted by atomic mass is 10.1. The molecule has 1 aromatic heterocycles. The summed E-state index contributed by atoms with van der Waals surface area (Å²) in [5.41, 5.74) is 0.913. The lowest BCUT2D eigenvalue weighted by Gasteiger charge is -2.04. The Bertz CT molecular complexity index is 1040. The standard InChI is InChI=1S/C18H11FN2O2/c19-14-7-8-16-15(10-14)17(21-23-16)20-18(22)13-6-5-11-3-1-2-4-12(11)9-13/h1-10H,(H,20,21,22).